The maximum atomic E-state index is 13.4. The number of benzene rings is 1. The molecule has 0 bridgehead atoms. The van der Waals surface area contributed by atoms with E-state index in [0.29, 0.717) is 16.6 Å². The molecule has 0 radical (unpaired) electrons. The average molecular weight is 349 g/mol. The van der Waals surface area contributed by atoms with Gasteiger partial charge in [-0.1, -0.05) is 6.07 Å². The average Bonchev–Trinajstić information content (AvgIpc) is 2.99. The Balaban J connectivity index is 1.92. The summed E-state index contributed by atoms with van der Waals surface area (Å²) in [7, 11) is 0. The van der Waals surface area contributed by atoms with Gasteiger partial charge in [-0.25, -0.2) is 4.39 Å². The smallest absolute Gasteiger partial charge is 0.255 e. The molecule has 1 aromatic heterocycles. The number of carbonyl (C=O) groups excluding carboxylic acids is 1. The molecule has 1 aliphatic rings. The van der Waals surface area contributed by atoms with Crippen molar-refractivity contribution in [3.63, 3.8) is 0 Å². The first-order chi connectivity index (χ1) is 10.2. The molecule has 3 rings (SSSR count). The Bertz CT molecular complexity index is 663. The number of rotatable bonds is 2. The van der Waals surface area contributed by atoms with Gasteiger partial charge in [0.05, 0.1) is 11.6 Å². The number of carbonyl (C=O) groups is 1. The molecule has 1 aromatic carbocycles. The van der Waals surface area contributed by atoms with Gasteiger partial charge in [-0.05, 0) is 58.6 Å². The monoisotopic (exact) mass is 348 g/mol. The summed E-state index contributed by atoms with van der Waals surface area (Å²) in [5, 5.41) is 0. The number of pyridine rings is 1. The Hall–Kier alpha value is -1.75. The predicted molar refractivity (Wildman–Crippen MR) is 81.3 cm³/mol. The number of amides is 1. The van der Waals surface area contributed by atoms with Crippen molar-refractivity contribution in [1.82, 2.24) is 9.88 Å². The zero-order valence-corrected chi connectivity index (χ0v) is 12.9. The van der Waals surface area contributed by atoms with Crippen LogP contribution in [0.2, 0.25) is 0 Å². The van der Waals surface area contributed by atoms with Gasteiger partial charge in [0.25, 0.3) is 5.91 Å². The third-order valence-corrected chi connectivity index (χ3v) is 4.43. The first kappa shape index (κ1) is 14.2. The lowest BCUT2D eigenvalue weighted by molar-refractivity contribution is 0.0734. The molecule has 0 N–H and O–H groups in total. The van der Waals surface area contributed by atoms with E-state index in [-0.39, 0.29) is 11.9 Å². The van der Waals surface area contributed by atoms with Crippen molar-refractivity contribution in [2.75, 3.05) is 6.54 Å². The summed E-state index contributed by atoms with van der Waals surface area (Å²) in [4.78, 5) is 18.6. The van der Waals surface area contributed by atoms with Gasteiger partial charge in [-0.3, -0.25) is 9.78 Å². The molecule has 1 unspecified atom stereocenters. The molecule has 21 heavy (non-hydrogen) atoms. The first-order valence-corrected chi connectivity index (χ1v) is 7.62. The second-order valence-electron chi connectivity index (χ2n) is 5.07. The Morgan fingerprint density at radius 1 is 1.38 bits per heavy atom. The summed E-state index contributed by atoms with van der Waals surface area (Å²) in [5.74, 6) is -0.550. The first-order valence-electron chi connectivity index (χ1n) is 6.83. The summed E-state index contributed by atoms with van der Waals surface area (Å²) in [6.07, 6.45) is 5.35. The van der Waals surface area contributed by atoms with Gasteiger partial charge in [0.2, 0.25) is 0 Å². The minimum absolute atomic E-state index is 0.0152. The van der Waals surface area contributed by atoms with Crippen LogP contribution in [0.15, 0.2) is 47.2 Å². The minimum atomic E-state index is -0.404. The number of hydrogen-bond acceptors (Lipinski definition) is 2. The standard InChI is InChI=1S/C16H14BrFN2O/c17-14-6-5-12(18)9-13(14)16(21)20-8-2-4-15(20)11-3-1-7-19-10-11/h1,3,5-7,9-10,15H,2,4,8H2. The number of halogens is 2. The summed E-state index contributed by atoms with van der Waals surface area (Å²) in [5.41, 5.74) is 1.39. The Labute approximate surface area is 130 Å². The Morgan fingerprint density at radius 3 is 3.00 bits per heavy atom. The van der Waals surface area contributed by atoms with Crippen molar-refractivity contribution in [2.45, 2.75) is 18.9 Å². The molecule has 2 heterocycles. The normalized spacial score (nSPS) is 18.0. The molecule has 108 valence electrons. The van der Waals surface area contributed by atoms with E-state index in [0.717, 1.165) is 18.4 Å². The van der Waals surface area contributed by atoms with E-state index in [2.05, 4.69) is 20.9 Å². The van der Waals surface area contributed by atoms with E-state index < -0.39 is 5.82 Å². The van der Waals surface area contributed by atoms with Crippen LogP contribution in [0.25, 0.3) is 0 Å². The second kappa shape index (κ2) is 5.93. The highest BCUT2D eigenvalue weighted by Crippen LogP contribution is 2.33. The molecule has 1 fully saturated rings. The molecular weight excluding hydrogens is 335 g/mol. The highest BCUT2D eigenvalue weighted by atomic mass is 79.9. The predicted octanol–water partition coefficient (Wildman–Crippen LogP) is 3.96. The fourth-order valence-corrected chi connectivity index (χ4v) is 3.16. The second-order valence-corrected chi connectivity index (χ2v) is 5.92. The van der Waals surface area contributed by atoms with Crippen LogP contribution in [0.5, 0.6) is 0 Å². The maximum Gasteiger partial charge on any atom is 0.255 e. The van der Waals surface area contributed by atoms with Crippen LogP contribution in [-0.2, 0) is 0 Å². The zero-order chi connectivity index (χ0) is 14.8. The summed E-state index contributed by atoms with van der Waals surface area (Å²) in [6, 6.07) is 8.05. The molecule has 2 aromatic rings. The molecule has 1 amide bonds. The van der Waals surface area contributed by atoms with Gasteiger partial charge in [-0.15, -0.1) is 0 Å². The van der Waals surface area contributed by atoms with Crippen LogP contribution in [0, 0.1) is 5.82 Å². The maximum absolute atomic E-state index is 13.4. The van der Waals surface area contributed by atoms with Gasteiger partial charge in [0.15, 0.2) is 0 Å². The number of likely N-dealkylation sites (tertiary alicyclic amines) is 1. The quantitative estimate of drug-likeness (QED) is 0.822. The Morgan fingerprint density at radius 2 is 2.24 bits per heavy atom. The van der Waals surface area contributed by atoms with Crippen LogP contribution in [0.4, 0.5) is 4.39 Å². The van der Waals surface area contributed by atoms with Gasteiger partial charge >= 0.3 is 0 Å². The van der Waals surface area contributed by atoms with Gasteiger partial charge in [-0.2, -0.15) is 0 Å². The van der Waals surface area contributed by atoms with Crippen molar-refractivity contribution in [3.8, 4) is 0 Å². The van der Waals surface area contributed by atoms with E-state index in [1.54, 1.807) is 23.4 Å². The van der Waals surface area contributed by atoms with Crippen molar-refractivity contribution in [3.05, 3.63) is 64.1 Å². The number of hydrogen-bond donors (Lipinski definition) is 0. The lowest BCUT2D eigenvalue weighted by atomic mass is 10.1. The van der Waals surface area contributed by atoms with Crippen LogP contribution in [0.3, 0.4) is 0 Å². The number of nitrogens with zero attached hydrogens (tertiary/aromatic N) is 2. The Kier molecular flexibility index (Phi) is 4.01. The largest absolute Gasteiger partial charge is 0.332 e. The zero-order valence-electron chi connectivity index (χ0n) is 11.3. The van der Waals surface area contributed by atoms with E-state index in [4.69, 9.17) is 0 Å². The van der Waals surface area contributed by atoms with E-state index in [9.17, 15) is 9.18 Å². The molecule has 1 saturated heterocycles. The van der Waals surface area contributed by atoms with Crippen molar-refractivity contribution in [1.29, 1.82) is 0 Å². The molecule has 0 saturated carbocycles. The lowest BCUT2D eigenvalue weighted by Crippen LogP contribution is -2.31. The van der Waals surface area contributed by atoms with E-state index in [1.807, 2.05) is 12.1 Å². The molecule has 1 atom stereocenters. The molecule has 0 aliphatic carbocycles. The van der Waals surface area contributed by atoms with Crippen LogP contribution in [0.1, 0.15) is 34.8 Å². The molecule has 3 nitrogen and oxygen atoms in total. The molecule has 0 spiro atoms. The minimum Gasteiger partial charge on any atom is -0.332 e. The molecule has 1 aliphatic heterocycles. The topological polar surface area (TPSA) is 33.2 Å². The van der Waals surface area contributed by atoms with Crippen LogP contribution < -0.4 is 0 Å². The molecule has 5 heteroatoms. The third kappa shape index (κ3) is 2.83. The van der Waals surface area contributed by atoms with Gasteiger partial charge in [0.1, 0.15) is 5.82 Å². The van der Waals surface area contributed by atoms with Crippen molar-refractivity contribution >= 4 is 21.8 Å². The number of aromatic nitrogens is 1. The fourth-order valence-electron chi connectivity index (χ4n) is 2.75. The highest BCUT2D eigenvalue weighted by Gasteiger charge is 2.31. The highest BCUT2D eigenvalue weighted by molar-refractivity contribution is 9.10. The third-order valence-electron chi connectivity index (χ3n) is 3.74. The van der Waals surface area contributed by atoms with Crippen LogP contribution in [-0.4, -0.2) is 22.3 Å². The SMILES string of the molecule is O=C(c1cc(F)ccc1Br)N1CCCC1c1cccnc1. The van der Waals surface area contributed by atoms with E-state index in [1.165, 1.54) is 12.1 Å². The van der Waals surface area contributed by atoms with Crippen molar-refractivity contribution < 1.29 is 9.18 Å². The summed E-state index contributed by atoms with van der Waals surface area (Å²) >= 11 is 3.33. The summed E-state index contributed by atoms with van der Waals surface area (Å²) < 4.78 is 14.0. The van der Waals surface area contributed by atoms with Gasteiger partial charge in [0, 0.05) is 23.4 Å². The van der Waals surface area contributed by atoms with E-state index >= 15 is 0 Å². The van der Waals surface area contributed by atoms with Gasteiger partial charge < -0.3 is 4.90 Å². The van der Waals surface area contributed by atoms with Crippen LogP contribution >= 0.6 is 15.9 Å². The lowest BCUT2D eigenvalue weighted by Gasteiger charge is -2.25. The molecular formula is C16H14BrFN2O. The van der Waals surface area contributed by atoms with Crippen molar-refractivity contribution in [2.24, 2.45) is 0 Å². The summed E-state index contributed by atoms with van der Waals surface area (Å²) in [6.45, 7) is 0.682. The fraction of sp³-hybridized carbons (Fsp3) is 0.250.